The molecule has 0 bridgehead atoms. The molecule has 0 aliphatic rings. The highest BCUT2D eigenvalue weighted by Crippen LogP contribution is 2.35. The number of methoxy groups -OCH3 is 1. The van der Waals surface area contributed by atoms with E-state index in [2.05, 4.69) is 4.98 Å². The van der Waals surface area contributed by atoms with Crippen LogP contribution < -0.4 is 15.4 Å². The highest BCUT2D eigenvalue weighted by molar-refractivity contribution is 5.67. The largest absolute Gasteiger partial charge is 0.495 e. The lowest BCUT2D eigenvalue weighted by Crippen LogP contribution is -2.15. The van der Waals surface area contributed by atoms with E-state index >= 15 is 0 Å². The second kappa shape index (κ2) is 5.51. The summed E-state index contributed by atoms with van der Waals surface area (Å²) in [4.78, 5) is 5.44. The number of nitrogens with zero attached hydrogens (tertiary/aromatic N) is 2. The number of hydrogen-bond donors (Lipinski definition) is 1. The van der Waals surface area contributed by atoms with Gasteiger partial charge in [-0.2, -0.15) is 13.2 Å². The van der Waals surface area contributed by atoms with Gasteiger partial charge in [-0.1, -0.05) is 12.1 Å². The normalized spacial score (nSPS) is 11.3. The van der Waals surface area contributed by atoms with Crippen LogP contribution in [0.25, 0.3) is 0 Å². The monoisotopic (exact) mass is 297 g/mol. The van der Waals surface area contributed by atoms with Gasteiger partial charge in [-0.05, 0) is 24.3 Å². The molecule has 7 heteroatoms. The molecule has 2 N–H and O–H groups in total. The number of ether oxygens (including phenoxy) is 1. The van der Waals surface area contributed by atoms with Crippen molar-refractivity contribution in [3.63, 3.8) is 0 Å². The SMILES string of the molecule is COc1ccccc1N(C)c1cc(C(F)(F)F)cc(N)n1. The van der Waals surface area contributed by atoms with Crippen LogP contribution in [0.15, 0.2) is 36.4 Å². The maximum atomic E-state index is 12.8. The topological polar surface area (TPSA) is 51.4 Å². The van der Waals surface area contributed by atoms with Gasteiger partial charge in [0.25, 0.3) is 0 Å². The standard InChI is InChI=1S/C14H14F3N3O/c1-20(10-5-3-4-6-11(10)21-2)13-8-9(14(15,16)17)7-12(18)19-13/h3-8H,1-2H3,(H2,18,19). The minimum Gasteiger partial charge on any atom is -0.495 e. The molecule has 0 atom stereocenters. The molecule has 4 nitrogen and oxygen atoms in total. The van der Waals surface area contributed by atoms with Gasteiger partial charge in [0, 0.05) is 7.05 Å². The third-order valence-corrected chi connectivity index (χ3v) is 2.95. The van der Waals surface area contributed by atoms with Crippen LogP contribution in [0.1, 0.15) is 5.56 Å². The summed E-state index contributed by atoms with van der Waals surface area (Å²) in [6, 6.07) is 8.71. The fourth-order valence-corrected chi connectivity index (χ4v) is 1.90. The van der Waals surface area contributed by atoms with Gasteiger partial charge in [0.1, 0.15) is 17.4 Å². The molecule has 0 saturated carbocycles. The second-order valence-electron chi connectivity index (χ2n) is 4.37. The van der Waals surface area contributed by atoms with Gasteiger partial charge in [-0.25, -0.2) is 4.98 Å². The Bertz CT molecular complexity index is 644. The number of anilines is 3. The molecule has 1 aromatic heterocycles. The average molecular weight is 297 g/mol. The van der Waals surface area contributed by atoms with Crippen molar-refractivity contribution in [2.45, 2.75) is 6.18 Å². The molecule has 0 aliphatic carbocycles. The molecule has 112 valence electrons. The van der Waals surface area contributed by atoms with E-state index in [1.165, 1.54) is 12.0 Å². The van der Waals surface area contributed by atoms with Crippen LogP contribution in [0.5, 0.6) is 5.75 Å². The lowest BCUT2D eigenvalue weighted by Gasteiger charge is -2.22. The van der Waals surface area contributed by atoms with E-state index < -0.39 is 11.7 Å². The number of nitrogens with two attached hydrogens (primary N) is 1. The summed E-state index contributed by atoms with van der Waals surface area (Å²) >= 11 is 0. The molecule has 0 saturated heterocycles. The smallest absolute Gasteiger partial charge is 0.416 e. The van der Waals surface area contributed by atoms with Crippen LogP contribution >= 0.6 is 0 Å². The summed E-state index contributed by atoms with van der Waals surface area (Å²) in [5.41, 5.74) is 5.22. The van der Waals surface area contributed by atoms with Crippen LogP contribution in [0.3, 0.4) is 0 Å². The lowest BCUT2D eigenvalue weighted by molar-refractivity contribution is -0.137. The molecule has 0 spiro atoms. The summed E-state index contributed by atoms with van der Waals surface area (Å²) in [6.07, 6.45) is -4.48. The number of nitrogen functional groups attached to an aromatic ring is 1. The zero-order valence-corrected chi connectivity index (χ0v) is 11.5. The first-order valence-electron chi connectivity index (χ1n) is 6.04. The van der Waals surface area contributed by atoms with Gasteiger partial charge in [-0.15, -0.1) is 0 Å². The molecule has 2 aromatic rings. The van der Waals surface area contributed by atoms with Gasteiger partial charge in [-0.3, -0.25) is 0 Å². The fourth-order valence-electron chi connectivity index (χ4n) is 1.90. The Morgan fingerprint density at radius 3 is 2.48 bits per heavy atom. The fraction of sp³-hybridized carbons (Fsp3) is 0.214. The number of para-hydroxylation sites is 2. The minimum absolute atomic E-state index is 0.0897. The summed E-state index contributed by atoms with van der Waals surface area (Å²) in [5, 5.41) is 0. The molecule has 0 unspecified atom stereocenters. The number of aromatic nitrogens is 1. The molecule has 1 heterocycles. The molecule has 0 radical (unpaired) electrons. The van der Waals surface area contributed by atoms with Crippen LogP contribution in [0.2, 0.25) is 0 Å². The summed E-state index contributed by atoms with van der Waals surface area (Å²) in [6.45, 7) is 0. The predicted octanol–water partition coefficient (Wildman–Crippen LogP) is 3.46. The maximum Gasteiger partial charge on any atom is 0.416 e. The first-order chi connectivity index (χ1) is 9.82. The van der Waals surface area contributed by atoms with Crippen molar-refractivity contribution in [2.24, 2.45) is 0 Å². The summed E-state index contributed by atoms with van der Waals surface area (Å²) in [5.74, 6) is 0.422. The Morgan fingerprint density at radius 2 is 1.86 bits per heavy atom. The molecule has 0 amide bonds. The Labute approximate surface area is 120 Å². The van der Waals surface area contributed by atoms with Gasteiger partial charge < -0.3 is 15.4 Å². The van der Waals surface area contributed by atoms with Crippen molar-refractivity contribution < 1.29 is 17.9 Å². The van der Waals surface area contributed by atoms with Crippen LogP contribution in [-0.2, 0) is 6.18 Å². The maximum absolute atomic E-state index is 12.8. The number of alkyl halides is 3. The van der Waals surface area contributed by atoms with E-state index in [0.29, 0.717) is 11.4 Å². The predicted molar refractivity (Wildman–Crippen MR) is 74.7 cm³/mol. The van der Waals surface area contributed by atoms with Gasteiger partial charge >= 0.3 is 6.18 Å². The molecular weight excluding hydrogens is 283 g/mol. The molecule has 0 aliphatic heterocycles. The van der Waals surface area contributed by atoms with Crippen molar-refractivity contribution in [1.29, 1.82) is 0 Å². The van der Waals surface area contributed by atoms with Crippen molar-refractivity contribution in [1.82, 2.24) is 4.98 Å². The highest BCUT2D eigenvalue weighted by atomic mass is 19.4. The number of benzene rings is 1. The number of halogens is 3. The summed E-state index contributed by atoms with van der Waals surface area (Å²) < 4.78 is 43.7. The Kier molecular flexibility index (Phi) is 3.93. The van der Waals surface area contributed by atoms with E-state index in [-0.39, 0.29) is 11.6 Å². The molecule has 1 aromatic carbocycles. The third-order valence-electron chi connectivity index (χ3n) is 2.95. The third kappa shape index (κ3) is 3.18. The quantitative estimate of drug-likeness (QED) is 0.942. The zero-order chi connectivity index (χ0) is 15.6. The molecule has 21 heavy (non-hydrogen) atoms. The Hall–Kier alpha value is -2.44. The Morgan fingerprint density at radius 1 is 1.19 bits per heavy atom. The average Bonchev–Trinajstić information content (AvgIpc) is 2.45. The van der Waals surface area contributed by atoms with Crippen LogP contribution in [0.4, 0.5) is 30.5 Å². The van der Waals surface area contributed by atoms with Gasteiger partial charge in [0.05, 0.1) is 18.4 Å². The number of rotatable bonds is 3. The highest BCUT2D eigenvalue weighted by Gasteiger charge is 2.32. The number of hydrogen-bond acceptors (Lipinski definition) is 4. The zero-order valence-electron chi connectivity index (χ0n) is 11.5. The van der Waals surface area contributed by atoms with Gasteiger partial charge in [0.15, 0.2) is 0 Å². The second-order valence-corrected chi connectivity index (χ2v) is 4.37. The first kappa shape index (κ1) is 15.0. The van der Waals surface area contributed by atoms with E-state index in [9.17, 15) is 13.2 Å². The van der Waals surface area contributed by atoms with Crippen LogP contribution in [-0.4, -0.2) is 19.1 Å². The van der Waals surface area contributed by atoms with Crippen molar-refractivity contribution >= 4 is 17.3 Å². The Balaban J connectivity index is 2.48. The molecule has 0 fully saturated rings. The number of pyridine rings is 1. The van der Waals surface area contributed by atoms with E-state index in [4.69, 9.17) is 10.5 Å². The van der Waals surface area contributed by atoms with E-state index in [1.54, 1.807) is 31.3 Å². The van der Waals surface area contributed by atoms with Crippen LogP contribution in [0, 0.1) is 0 Å². The van der Waals surface area contributed by atoms with Gasteiger partial charge in [0.2, 0.25) is 0 Å². The van der Waals surface area contributed by atoms with E-state index in [1.807, 2.05) is 0 Å². The minimum atomic E-state index is -4.48. The van der Waals surface area contributed by atoms with Crippen molar-refractivity contribution in [2.75, 3.05) is 24.8 Å². The molecule has 2 rings (SSSR count). The van der Waals surface area contributed by atoms with E-state index in [0.717, 1.165) is 12.1 Å². The molecular formula is C14H14F3N3O. The summed E-state index contributed by atoms with van der Waals surface area (Å²) in [7, 11) is 3.08. The van der Waals surface area contributed by atoms with Crippen molar-refractivity contribution in [3.8, 4) is 5.75 Å². The lowest BCUT2D eigenvalue weighted by atomic mass is 10.2. The van der Waals surface area contributed by atoms with Crippen molar-refractivity contribution in [3.05, 3.63) is 42.0 Å². The first-order valence-corrected chi connectivity index (χ1v) is 6.04.